The van der Waals surface area contributed by atoms with E-state index in [2.05, 4.69) is 23.2 Å². The minimum absolute atomic E-state index is 0.0346. The van der Waals surface area contributed by atoms with Crippen molar-refractivity contribution < 1.29 is 19.2 Å². The van der Waals surface area contributed by atoms with Gasteiger partial charge in [-0.1, -0.05) is 30.3 Å². The van der Waals surface area contributed by atoms with Crippen molar-refractivity contribution in [3.05, 3.63) is 64.5 Å². The number of H-pyrrole nitrogens is 1. The quantitative estimate of drug-likeness (QED) is 0.638. The second-order valence-corrected chi connectivity index (χ2v) is 6.77. The smallest absolute Gasteiger partial charge is 0.339 e. The van der Waals surface area contributed by atoms with Crippen LogP contribution in [0.25, 0.3) is 5.57 Å². The van der Waals surface area contributed by atoms with Crippen LogP contribution in [-0.4, -0.2) is 43.5 Å². The molecule has 1 unspecified atom stereocenters. The highest BCUT2D eigenvalue weighted by molar-refractivity contribution is 6.01. The first kappa shape index (κ1) is 18.1. The summed E-state index contributed by atoms with van der Waals surface area (Å²) in [6.45, 7) is 5.76. The van der Waals surface area contributed by atoms with Gasteiger partial charge in [0.15, 0.2) is 0 Å². The molecule has 1 atom stereocenters. The van der Waals surface area contributed by atoms with E-state index in [4.69, 9.17) is 4.74 Å². The van der Waals surface area contributed by atoms with Crippen LogP contribution >= 0.6 is 0 Å². The number of rotatable bonds is 5. The number of ether oxygens (including phenoxy) is 1. The molecule has 2 aromatic rings. The summed E-state index contributed by atoms with van der Waals surface area (Å²) >= 11 is 0. The second-order valence-electron chi connectivity index (χ2n) is 6.77. The van der Waals surface area contributed by atoms with Gasteiger partial charge in [0.1, 0.15) is 6.54 Å². The van der Waals surface area contributed by atoms with Crippen molar-refractivity contribution in [2.24, 2.45) is 0 Å². The van der Waals surface area contributed by atoms with Crippen molar-refractivity contribution in [3.63, 3.8) is 0 Å². The Balaban J connectivity index is 1.68. The summed E-state index contributed by atoms with van der Waals surface area (Å²) in [5, 5.41) is 0. The van der Waals surface area contributed by atoms with E-state index in [0.29, 0.717) is 29.1 Å². The second kappa shape index (κ2) is 7.70. The van der Waals surface area contributed by atoms with E-state index in [0.717, 1.165) is 19.5 Å². The molecule has 0 bridgehead atoms. The van der Waals surface area contributed by atoms with Gasteiger partial charge in [0, 0.05) is 12.1 Å². The summed E-state index contributed by atoms with van der Waals surface area (Å²) < 4.78 is 4.81. The first-order valence-corrected chi connectivity index (χ1v) is 8.90. The van der Waals surface area contributed by atoms with E-state index in [1.54, 1.807) is 13.8 Å². The van der Waals surface area contributed by atoms with Gasteiger partial charge in [-0.2, -0.15) is 0 Å². The van der Waals surface area contributed by atoms with Crippen LogP contribution in [0.4, 0.5) is 0 Å². The normalized spacial score (nSPS) is 16.9. The number of carbonyl (C=O) groups excluding carboxylic acids is 2. The molecule has 0 saturated carbocycles. The highest BCUT2D eigenvalue weighted by Gasteiger charge is 2.26. The van der Waals surface area contributed by atoms with Gasteiger partial charge in [0.05, 0.1) is 31.5 Å². The fraction of sp³-hybridized carbons (Fsp3) is 0.333. The van der Waals surface area contributed by atoms with E-state index in [1.807, 2.05) is 18.2 Å². The van der Waals surface area contributed by atoms with Gasteiger partial charge in [-0.05, 0) is 36.6 Å². The number of aryl methyl sites for hydroxylation is 1. The number of hydrogen-bond acceptors (Lipinski definition) is 3. The zero-order valence-corrected chi connectivity index (χ0v) is 15.5. The molecule has 3 rings (SSSR count). The summed E-state index contributed by atoms with van der Waals surface area (Å²) in [6, 6.07) is 10.4. The summed E-state index contributed by atoms with van der Waals surface area (Å²) in [5.41, 5.74) is 4.95. The van der Waals surface area contributed by atoms with E-state index in [1.165, 1.54) is 23.1 Å². The number of carbonyl (C=O) groups is 2. The number of methoxy groups -OCH3 is 1. The van der Waals surface area contributed by atoms with E-state index >= 15 is 0 Å². The Hall–Kier alpha value is -2.66. The van der Waals surface area contributed by atoms with Gasteiger partial charge < -0.3 is 14.6 Å². The van der Waals surface area contributed by atoms with E-state index in [-0.39, 0.29) is 5.78 Å². The van der Waals surface area contributed by atoms with Crippen LogP contribution in [0.2, 0.25) is 0 Å². The van der Waals surface area contributed by atoms with Crippen LogP contribution in [0.15, 0.2) is 36.4 Å². The van der Waals surface area contributed by atoms with Gasteiger partial charge in [-0.15, -0.1) is 0 Å². The number of aromatic amines is 1. The third-order valence-corrected chi connectivity index (χ3v) is 5.05. The van der Waals surface area contributed by atoms with Crippen molar-refractivity contribution in [3.8, 4) is 0 Å². The lowest BCUT2D eigenvalue weighted by atomic mass is 9.99. The van der Waals surface area contributed by atoms with Crippen LogP contribution in [-0.2, 0) is 4.74 Å². The fourth-order valence-electron chi connectivity index (χ4n) is 3.61. The Bertz CT molecular complexity index is 850. The SMILES string of the molecule is COC(=O)c1c(C)[nH]c(C(=O)C[NH+]2CC=C(c3ccccc3)CC2)c1C. The van der Waals surface area contributed by atoms with Crippen LogP contribution < -0.4 is 4.90 Å². The molecular formula is C21H25N2O3+. The first-order chi connectivity index (χ1) is 12.5. The lowest BCUT2D eigenvalue weighted by Crippen LogP contribution is -3.13. The molecule has 5 heteroatoms. The van der Waals surface area contributed by atoms with E-state index < -0.39 is 5.97 Å². The Kier molecular flexibility index (Phi) is 5.38. The molecule has 1 aromatic heterocycles. The molecular weight excluding hydrogens is 328 g/mol. The monoisotopic (exact) mass is 353 g/mol. The molecule has 5 nitrogen and oxygen atoms in total. The number of benzene rings is 1. The first-order valence-electron chi connectivity index (χ1n) is 8.90. The topological polar surface area (TPSA) is 63.6 Å². The van der Waals surface area contributed by atoms with Crippen molar-refractivity contribution in [2.45, 2.75) is 20.3 Å². The maximum Gasteiger partial charge on any atom is 0.339 e. The number of hydrogen-bond donors (Lipinski definition) is 2. The molecule has 0 radical (unpaired) electrons. The fourth-order valence-corrected chi connectivity index (χ4v) is 3.61. The summed E-state index contributed by atoms with van der Waals surface area (Å²) in [5.74, 6) is -0.372. The lowest BCUT2D eigenvalue weighted by Gasteiger charge is -2.23. The molecule has 0 spiro atoms. The summed E-state index contributed by atoms with van der Waals surface area (Å²) in [7, 11) is 1.35. The molecule has 0 amide bonds. The summed E-state index contributed by atoms with van der Waals surface area (Å²) in [4.78, 5) is 28.9. The summed E-state index contributed by atoms with van der Waals surface area (Å²) in [6.07, 6.45) is 3.19. The van der Waals surface area contributed by atoms with Gasteiger partial charge in [0.2, 0.25) is 5.78 Å². The molecule has 2 N–H and O–H groups in total. The maximum atomic E-state index is 12.7. The predicted octanol–water partition coefficient (Wildman–Crippen LogP) is 1.97. The Morgan fingerprint density at radius 2 is 1.92 bits per heavy atom. The highest BCUT2D eigenvalue weighted by atomic mass is 16.5. The molecule has 0 fully saturated rings. The van der Waals surface area contributed by atoms with Crippen molar-refractivity contribution in [2.75, 3.05) is 26.7 Å². The molecule has 1 aromatic carbocycles. The number of nitrogens with one attached hydrogen (secondary N) is 2. The average molecular weight is 353 g/mol. The Labute approximate surface area is 153 Å². The highest BCUT2D eigenvalue weighted by Crippen LogP contribution is 2.20. The number of ketones is 1. The van der Waals surface area contributed by atoms with Gasteiger partial charge in [-0.25, -0.2) is 4.79 Å². The maximum absolute atomic E-state index is 12.7. The number of Topliss-reactive ketones (excluding diaryl/α,β-unsaturated/α-hetero) is 1. The molecule has 2 heterocycles. The van der Waals surface area contributed by atoms with Crippen LogP contribution in [0, 0.1) is 13.8 Å². The predicted molar refractivity (Wildman–Crippen MR) is 101 cm³/mol. The molecule has 26 heavy (non-hydrogen) atoms. The molecule has 136 valence electrons. The Morgan fingerprint density at radius 1 is 1.19 bits per heavy atom. The van der Waals surface area contributed by atoms with Crippen LogP contribution in [0.3, 0.4) is 0 Å². The molecule has 1 aliphatic heterocycles. The largest absolute Gasteiger partial charge is 0.465 e. The van der Waals surface area contributed by atoms with Crippen molar-refractivity contribution >= 4 is 17.3 Å². The molecule has 1 aliphatic rings. The van der Waals surface area contributed by atoms with Gasteiger partial charge in [0.25, 0.3) is 0 Å². The number of esters is 1. The molecule has 0 aliphatic carbocycles. The van der Waals surface area contributed by atoms with Crippen LogP contribution in [0.1, 0.15) is 44.1 Å². The van der Waals surface area contributed by atoms with Crippen LogP contribution in [0.5, 0.6) is 0 Å². The van der Waals surface area contributed by atoms with Gasteiger partial charge >= 0.3 is 5.97 Å². The standard InChI is InChI=1S/C21H24N2O3/c1-14-19(21(25)26-3)15(2)22-20(14)18(24)13-23-11-9-17(10-12-23)16-7-5-4-6-8-16/h4-9,22H,10-13H2,1-3H3/p+1. The third kappa shape index (κ3) is 3.63. The molecule has 0 saturated heterocycles. The van der Waals surface area contributed by atoms with Gasteiger partial charge in [-0.3, -0.25) is 4.79 Å². The van der Waals surface area contributed by atoms with Crippen molar-refractivity contribution in [1.82, 2.24) is 4.98 Å². The zero-order valence-electron chi connectivity index (χ0n) is 15.5. The average Bonchev–Trinajstić information content (AvgIpc) is 2.97. The Morgan fingerprint density at radius 3 is 2.54 bits per heavy atom. The lowest BCUT2D eigenvalue weighted by molar-refractivity contribution is -0.886. The number of quaternary nitrogens is 1. The van der Waals surface area contributed by atoms with E-state index in [9.17, 15) is 9.59 Å². The zero-order chi connectivity index (χ0) is 18.7. The minimum atomic E-state index is -0.406. The number of aromatic nitrogens is 1. The minimum Gasteiger partial charge on any atom is -0.465 e. The van der Waals surface area contributed by atoms with Crippen molar-refractivity contribution in [1.29, 1.82) is 0 Å². The third-order valence-electron chi connectivity index (χ3n) is 5.05.